The van der Waals surface area contributed by atoms with Crippen molar-refractivity contribution < 1.29 is 5.11 Å². The van der Waals surface area contributed by atoms with Crippen molar-refractivity contribution in [1.82, 2.24) is 4.98 Å². The summed E-state index contributed by atoms with van der Waals surface area (Å²) in [7, 11) is 0. The summed E-state index contributed by atoms with van der Waals surface area (Å²) in [5.41, 5.74) is 7.39. The molecule has 1 atom stereocenters. The molecule has 1 aromatic heterocycles. The minimum Gasteiger partial charge on any atom is -0.393 e. The van der Waals surface area contributed by atoms with Crippen LogP contribution in [0.2, 0.25) is 0 Å². The highest BCUT2D eigenvalue weighted by molar-refractivity contribution is 6.01. The third-order valence-electron chi connectivity index (χ3n) is 3.93. The number of aliphatic hydroxyl groups excluding tert-OH is 1. The number of hydrogen-bond donors (Lipinski definition) is 3. The second-order valence-electron chi connectivity index (χ2n) is 5.31. The Morgan fingerprint density at radius 1 is 1.53 bits per heavy atom. The van der Waals surface area contributed by atoms with Gasteiger partial charge in [-0.05, 0) is 44.2 Å². The van der Waals surface area contributed by atoms with Gasteiger partial charge in [0.05, 0.1) is 11.7 Å². The lowest BCUT2D eigenvalue weighted by atomic mass is 9.92. The van der Waals surface area contributed by atoms with Crippen LogP contribution in [0.4, 0.5) is 5.82 Å². The molecular formula is C14H22N4O. The van der Waals surface area contributed by atoms with Gasteiger partial charge in [0.25, 0.3) is 0 Å². The molecule has 1 fully saturated rings. The molecule has 0 bridgehead atoms. The predicted octanol–water partition coefficient (Wildman–Crippen LogP) is 1.27. The number of aryl methyl sites for hydroxylation is 1. The van der Waals surface area contributed by atoms with E-state index in [-0.39, 0.29) is 11.9 Å². The molecule has 4 N–H and O–H groups in total. The molecule has 0 aromatic carbocycles. The molecule has 19 heavy (non-hydrogen) atoms. The van der Waals surface area contributed by atoms with E-state index in [1.54, 1.807) is 6.20 Å². The van der Waals surface area contributed by atoms with E-state index in [0.717, 1.165) is 42.9 Å². The van der Waals surface area contributed by atoms with Crippen molar-refractivity contribution in [3.63, 3.8) is 0 Å². The van der Waals surface area contributed by atoms with Crippen LogP contribution in [0.15, 0.2) is 12.3 Å². The van der Waals surface area contributed by atoms with Crippen LogP contribution in [-0.2, 0) is 0 Å². The van der Waals surface area contributed by atoms with Gasteiger partial charge in [0.2, 0.25) is 0 Å². The fourth-order valence-electron chi connectivity index (χ4n) is 2.71. The van der Waals surface area contributed by atoms with Crippen molar-refractivity contribution in [2.75, 3.05) is 18.0 Å². The second kappa shape index (κ2) is 5.57. The molecule has 0 amide bonds. The number of pyridine rings is 1. The second-order valence-corrected chi connectivity index (χ2v) is 5.31. The SMILES string of the molecule is Cc1ccnc(N2CCC(C(C)O)CC2)c1C(=N)N. The number of hydrogen-bond acceptors (Lipinski definition) is 4. The minimum absolute atomic E-state index is 0.0678. The summed E-state index contributed by atoms with van der Waals surface area (Å²) < 4.78 is 0. The zero-order chi connectivity index (χ0) is 14.0. The number of nitrogen functional groups attached to an aromatic ring is 1. The monoisotopic (exact) mass is 262 g/mol. The zero-order valence-electron chi connectivity index (χ0n) is 11.6. The van der Waals surface area contributed by atoms with Gasteiger partial charge < -0.3 is 15.7 Å². The van der Waals surface area contributed by atoms with E-state index in [2.05, 4.69) is 9.88 Å². The van der Waals surface area contributed by atoms with Crippen molar-refractivity contribution in [3.05, 3.63) is 23.4 Å². The highest BCUT2D eigenvalue weighted by atomic mass is 16.3. The molecule has 5 heteroatoms. The third kappa shape index (κ3) is 2.87. The first-order valence-electron chi connectivity index (χ1n) is 6.73. The van der Waals surface area contributed by atoms with Crippen LogP contribution in [0.5, 0.6) is 0 Å². The average molecular weight is 262 g/mol. The molecule has 0 spiro atoms. The van der Waals surface area contributed by atoms with E-state index < -0.39 is 0 Å². The first-order valence-corrected chi connectivity index (χ1v) is 6.73. The van der Waals surface area contributed by atoms with Gasteiger partial charge in [0.15, 0.2) is 0 Å². The number of aliphatic hydroxyl groups is 1. The molecule has 1 saturated heterocycles. The van der Waals surface area contributed by atoms with Crippen molar-refractivity contribution in [2.45, 2.75) is 32.8 Å². The number of rotatable bonds is 3. The Labute approximate surface area is 114 Å². The van der Waals surface area contributed by atoms with E-state index in [0.29, 0.717) is 5.92 Å². The maximum absolute atomic E-state index is 9.63. The summed E-state index contributed by atoms with van der Waals surface area (Å²) in [6.45, 7) is 5.51. The number of amidine groups is 1. The van der Waals surface area contributed by atoms with E-state index in [1.807, 2.05) is 19.9 Å². The maximum atomic E-state index is 9.63. The summed E-state index contributed by atoms with van der Waals surface area (Å²) in [5.74, 6) is 1.23. The van der Waals surface area contributed by atoms with E-state index in [9.17, 15) is 5.11 Å². The lowest BCUT2D eigenvalue weighted by Crippen LogP contribution is -2.38. The Kier molecular flexibility index (Phi) is 4.04. The Bertz CT molecular complexity index is 465. The lowest BCUT2D eigenvalue weighted by Gasteiger charge is -2.35. The van der Waals surface area contributed by atoms with Gasteiger partial charge in [-0.2, -0.15) is 0 Å². The minimum atomic E-state index is -0.250. The largest absolute Gasteiger partial charge is 0.393 e. The van der Waals surface area contributed by atoms with E-state index in [4.69, 9.17) is 11.1 Å². The van der Waals surface area contributed by atoms with Crippen molar-refractivity contribution in [2.24, 2.45) is 11.7 Å². The molecule has 1 unspecified atom stereocenters. The van der Waals surface area contributed by atoms with Crippen LogP contribution in [-0.4, -0.2) is 35.1 Å². The first-order chi connectivity index (χ1) is 9.00. The standard InChI is InChI=1S/C14H22N4O/c1-9-3-6-17-14(12(9)13(15)16)18-7-4-11(5-8-18)10(2)19/h3,6,10-11,19H,4-5,7-8H2,1-2H3,(H3,15,16). The van der Waals surface area contributed by atoms with Crippen LogP contribution >= 0.6 is 0 Å². The summed E-state index contributed by atoms with van der Waals surface area (Å²) in [4.78, 5) is 6.57. The van der Waals surface area contributed by atoms with Crippen LogP contribution in [0.3, 0.4) is 0 Å². The number of nitrogens with two attached hydrogens (primary N) is 1. The highest BCUT2D eigenvalue weighted by Crippen LogP contribution is 2.27. The fraction of sp³-hybridized carbons (Fsp3) is 0.571. The number of anilines is 1. The van der Waals surface area contributed by atoms with Gasteiger partial charge in [-0.1, -0.05) is 0 Å². The van der Waals surface area contributed by atoms with Gasteiger partial charge in [-0.25, -0.2) is 4.98 Å². The van der Waals surface area contributed by atoms with Crippen LogP contribution in [0, 0.1) is 18.3 Å². The molecule has 0 saturated carbocycles. The topological polar surface area (TPSA) is 86.2 Å². The van der Waals surface area contributed by atoms with Crippen LogP contribution in [0.1, 0.15) is 30.9 Å². The summed E-state index contributed by atoms with van der Waals surface area (Å²) in [6, 6.07) is 1.88. The predicted molar refractivity (Wildman–Crippen MR) is 76.6 cm³/mol. The van der Waals surface area contributed by atoms with E-state index in [1.165, 1.54) is 0 Å². The summed E-state index contributed by atoms with van der Waals surface area (Å²) in [6.07, 6.45) is 3.41. The molecular weight excluding hydrogens is 240 g/mol. The summed E-state index contributed by atoms with van der Waals surface area (Å²) >= 11 is 0. The van der Waals surface area contributed by atoms with Crippen molar-refractivity contribution in [3.8, 4) is 0 Å². The Hall–Kier alpha value is -1.62. The Balaban J connectivity index is 2.20. The molecule has 1 aromatic rings. The zero-order valence-corrected chi connectivity index (χ0v) is 11.6. The number of piperidine rings is 1. The maximum Gasteiger partial charge on any atom is 0.139 e. The normalized spacial score (nSPS) is 18.4. The molecule has 2 heterocycles. The average Bonchev–Trinajstić information content (AvgIpc) is 2.38. The van der Waals surface area contributed by atoms with Gasteiger partial charge in [-0.3, -0.25) is 5.41 Å². The molecule has 104 valence electrons. The van der Waals surface area contributed by atoms with Crippen molar-refractivity contribution >= 4 is 11.7 Å². The first kappa shape index (κ1) is 13.8. The number of nitrogens with zero attached hydrogens (tertiary/aromatic N) is 2. The summed E-state index contributed by atoms with van der Waals surface area (Å²) in [5, 5.41) is 17.3. The number of aromatic nitrogens is 1. The van der Waals surface area contributed by atoms with Crippen LogP contribution < -0.4 is 10.6 Å². The molecule has 1 aliphatic rings. The van der Waals surface area contributed by atoms with Crippen LogP contribution in [0.25, 0.3) is 0 Å². The van der Waals surface area contributed by atoms with Gasteiger partial charge in [-0.15, -0.1) is 0 Å². The Morgan fingerprint density at radius 3 is 2.68 bits per heavy atom. The highest BCUT2D eigenvalue weighted by Gasteiger charge is 2.25. The molecule has 2 rings (SSSR count). The van der Waals surface area contributed by atoms with E-state index >= 15 is 0 Å². The molecule has 0 radical (unpaired) electrons. The van der Waals surface area contributed by atoms with Crippen molar-refractivity contribution in [1.29, 1.82) is 5.41 Å². The fourth-order valence-corrected chi connectivity index (χ4v) is 2.71. The molecule has 5 nitrogen and oxygen atoms in total. The Morgan fingerprint density at radius 2 is 2.16 bits per heavy atom. The van der Waals surface area contributed by atoms with Gasteiger partial charge >= 0.3 is 0 Å². The molecule has 0 aliphatic carbocycles. The third-order valence-corrected chi connectivity index (χ3v) is 3.93. The van der Waals surface area contributed by atoms with Gasteiger partial charge in [0, 0.05) is 19.3 Å². The molecule has 1 aliphatic heterocycles. The lowest BCUT2D eigenvalue weighted by molar-refractivity contribution is 0.110. The van der Waals surface area contributed by atoms with Gasteiger partial charge in [0.1, 0.15) is 11.7 Å². The smallest absolute Gasteiger partial charge is 0.139 e. The quantitative estimate of drug-likeness (QED) is 0.565. The number of nitrogens with one attached hydrogen (secondary N) is 1.